The van der Waals surface area contributed by atoms with Gasteiger partial charge in [0, 0.05) is 10.6 Å². The number of benzene rings is 2. The van der Waals surface area contributed by atoms with Gasteiger partial charge in [0.15, 0.2) is 18.1 Å². The number of carbonyl (C=O) groups is 1. The van der Waals surface area contributed by atoms with Gasteiger partial charge >= 0.3 is 5.97 Å². The largest absolute Gasteiger partial charge is 0.485 e. The fourth-order valence-electron chi connectivity index (χ4n) is 2.38. The fraction of sp³-hybridized carbons (Fsp3) is 0.167. The Labute approximate surface area is 153 Å². The predicted molar refractivity (Wildman–Crippen MR) is 90.9 cm³/mol. The summed E-state index contributed by atoms with van der Waals surface area (Å²) in [7, 11) is 0. The van der Waals surface area contributed by atoms with Gasteiger partial charge in [0.2, 0.25) is 12.0 Å². The second-order valence-electron chi connectivity index (χ2n) is 5.48. The predicted octanol–water partition coefficient (Wildman–Crippen LogP) is 3.27. The van der Waals surface area contributed by atoms with Crippen LogP contribution in [0.5, 0.6) is 11.5 Å². The van der Waals surface area contributed by atoms with Gasteiger partial charge in [-0.15, -0.1) is 10.2 Å². The number of hydrogen-bond acceptors (Lipinski definition) is 7. The van der Waals surface area contributed by atoms with E-state index >= 15 is 0 Å². The smallest absolute Gasteiger partial charge is 0.351 e. The lowest BCUT2D eigenvalue weighted by atomic mass is 10.2. The Morgan fingerprint density at radius 3 is 2.69 bits per heavy atom. The Kier molecular flexibility index (Phi) is 4.45. The average Bonchev–Trinajstić information content (AvgIpc) is 3.15. The van der Waals surface area contributed by atoms with E-state index in [0.717, 1.165) is 5.56 Å². The first-order valence-electron chi connectivity index (χ1n) is 7.82. The maximum absolute atomic E-state index is 12.2. The third-order valence-electron chi connectivity index (χ3n) is 3.67. The molecule has 8 heteroatoms. The molecule has 0 fully saturated rings. The van der Waals surface area contributed by atoms with Crippen molar-refractivity contribution in [2.75, 3.05) is 6.61 Å². The SMILES string of the molecule is O=C(OCc1nnc(-c2ccc(Cl)cc2)o1)[C@H]1COc2ccccc2O1. The summed E-state index contributed by atoms with van der Waals surface area (Å²) in [6.45, 7) is -0.0728. The van der Waals surface area contributed by atoms with Crippen molar-refractivity contribution in [2.24, 2.45) is 0 Å². The fourth-order valence-corrected chi connectivity index (χ4v) is 2.51. The molecule has 132 valence electrons. The molecule has 1 aromatic heterocycles. The van der Waals surface area contributed by atoms with Crippen molar-refractivity contribution in [2.45, 2.75) is 12.7 Å². The quantitative estimate of drug-likeness (QED) is 0.650. The van der Waals surface area contributed by atoms with Crippen LogP contribution in [0.3, 0.4) is 0 Å². The van der Waals surface area contributed by atoms with Gasteiger partial charge in [-0.2, -0.15) is 0 Å². The number of halogens is 1. The van der Waals surface area contributed by atoms with Gasteiger partial charge in [-0.05, 0) is 36.4 Å². The Hall–Kier alpha value is -3.06. The van der Waals surface area contributed by atoms with E-state index in [1.54, 1.807) is 42.5 Å². The molecule has 0 saturated heterocycles. The molecule has 1 atom stereocenters. The highest BCUT2D eigenvalue weighted by Gasteiger charge is 2.29. The molecule has 0 aliphatic carbocycles. The van der Waals surface area contributed by atoms with Crippen LogP contribution in [0.25, 0.3) is 11.5 Å². The van der Waals surface area contributed by atoms with Gasteiger partial charge < -0.3 is 18.6 Å². The summed E-state index contributed by atoms with van der Waals surface area (Å²) in [6, 6.07) is 14.1. The highest BCUT2D eigenvalue weighted by Crippen LogP contribution is 2.31. The van der Waals surface area contributed by atoms with E-state index in [4.69, 9.17) is 30.2 Å². The first kappa shape index (κ1) is 16.4. The minimum Gasteiger partial charge on any atom is -0.485 e. The van der Waals surface area contributed by atoms with E-state index in [1.807, 2.05) is 6.07 Å². The molecule has 3 aromatic rings. The summed E-state index contributed by atoms with van der Waals surface area (Å²) in [4.78, 5) is 12.2. The van der Waals surface area contributed by atoms with Crippen LogP contribution in [0.4, 0.5) is 0 Å². The highest BCUT2D eigenvalue weighted by atomic mass is 35.5. The Morgan fingerprint density at radius 2 is 1.88 bits per heavy atom. The maximum Gasteiger partial charge on any atom is 0.351 e. The van der Waals surface area contributed by atoms with E-state index in [0.29, 0.717) is 22.4 Å². The molecule has 0 radical (unpaired) electrons. The van der Waals surface area contributed by atoms with Crippen molar-refractivity contribution in [1.29, 1.82) is 0 Å². The van der Waals surface area contributed by atoms with Crippen LogP contribution in [0.2, 0.25) is 5.02 Å². The lowest BCUT2D eigenvalue weighted by Crippen LogP contribution is -2.37. The van der Waals surface area contributed by atoms with Crippen molar-refractivity contribution in [3.05, 3.63) is 59.4 Å². The van der Waals surface area contributed by atoms with E-state index in [1.165, 1.54) is 0 Å². The number of para-hydroxylation sites is 2. The summed E-state index contributed by atoms with van der Waals surface area (Å²) >= 11 is 5.85. The Bertz CT molecular complexity index is 925. The highest BCUT2D eigenvalue weighted by molar-refractivity contribution is 6.30. The molecule has 0 bridgehead atoms. The number of carbonyl (C=O) groups excluding carboxylic acids is 1. The van der Waals surface area contributed by atoms with Gasteiger partial charge in [0.25, 0.3) is 5.89 Å². The van der Waals surface area contributed by atoms with Crippen LogP contribution >= 0.6 is 11.6 Å². The van der Waals surface area contributed by atoms with Crippen LogP contribution in [0.15, 0.2) is 52.9 Å². The summed E-state index contributed by atoms with van der Waals surface area (Å²) < 4.78 is 21.8. The summed E-state index contributed by atoms with van der Waals surface area (Å²) in [5, 5.41) is 8.41. The zero-order valence-electron chi connectivity index (χ0n) is 13.4. The molecule has 0 N–H and O–H groups in total. The third kappa shape index (κ3) is 3.48. The van der Waals surface area contributed by atoms with Crippen molar-refractivity contribution < 1.29 is 23.4 Å². The Morgan fingerprint density at radius 1 is 1.12 bits per heavy atom. The van der Waals surface area contributed by atoms with E-state index < -0.39 is 12.1 Å². The van der Waals surface area contributed by atoms with Crippen LogP contribution in [-0.4, -0.2) is 28.9 Å². The molecule has 2 heterocycles. The number of esters is 1. The first-order valence-corrected chi connectivity index (χ1v) is 8.20. The van der Waals surface area contributed by atoms with Crippen LogP contribution in [0, 0.1) is 0 Å². The molecule has 7 nitrogen and oxygen atoms in total. The average molecular weight is 373 g/mol. The zero-order valence-corrected chi connectivity index (χ0v) is 14.2. The summed E-state index contributed by atoms with van der Waals surface area (Å²) in [5.41, 5.74) is 0.722. The Balaban J connectivity index is 1.36. The number of rotatable bonds is 4. The monoisotopic (exact) mass is 372 g/mol. The van der Waals surface area contributed by atoms with Crippen LogP contribution in [0.1, 0.15) is 5.89 Å². The van der Waals surface area contributed by atoms with Crippen molar-refractivity contribution >= 4 is 17.6 Å². The molecular weight excluding hydrogens is 360 g/mol. The maximum atomic E-state index is 12.2. The van der Waals surface area contributed by atoms with Crippen molar-refractivity contribution in [1.82, 2.24) is 10.2 Å². The zero-order chi connectivity index (χ0) is 17.9. The third-order valence-corrected chi connectivity index (χ3v) is 3.92. The van der Waals surface area contributed by atoms with Gasteiger partial charge in [-0.25, -0.2) is 4.79 Å². The molecule has 0 amide bonds. The molecule has 4 rings (SSSR count). The standard InChI is InChI=1S/C18H13ClN2O5/c19-12-7-5-11(6-8-12)17-21-20-16(26-17)10-24-18(22)15-9-23-13-3-1-2-4-14(13)25-15/h1-8,15H,9-10H2/t15-/m1/s1. The number of fused-ring (bicyclic) bond motifs is 1. The lowest BCUT2D eigenvalue weighted by molar-refractivity contribution is -0.156. The molecular formula is C18H13ClN2O5. The van der Waals surface area contributed by atoms with Crippen LogP contribution in [-0.2, 0) is 16.1 Å². The lowest BCUT2D eigenvalue weighted by Gasteiger charge is -2.24. The number of hydrogen-bond donors (Lipinski definition) is 0. The topological polar surface area (TPSA) is 83.7 Å². The first-order chi connectivity index (χ1) is 12.7. The molecule has 26 heavy (non-hydrogen) atoms. The minimum atomic E-state index is -0.844. The molecule has 0 saturated carbocycles. The van der Waals surface area contributed by atoms with Gasteiger partial charge in [0.1, 0.15) is 6.61 Å². The molecule has 2 aromatic carbocycles. The molecule has 1 aliphatic rings. The second-order valence-corrected chi connectivity index (χ2v) is 5.92. The second kappa shape index (κ2) is 7.05. The number of ether oxygens (including phenoxy) is 3. The normalized spacial score (nSPS) is 15.5. The summed E-state index contributed by atoms with van der Waals surface area (Å²) in [5.74, 6) is 1.04. The minimum absolute atomic E-state index is 0.0791. The van der Waals surface area contributed by atoms with Crippen molar-refractivity contribution in [3.63, 3.8) is 0 Å². The van der Waals surface area contributed by atoms with E-state index in [2.05, 4.69) is 10.2 Å². The van der Waals surface area contributed by atoms with E-state index in [9.17, 15) is 4.79 Å². The molecule has 1 aliphatic heterocycles. The van der Waals surface area contributed by atoms with Gasteiger partial charge in [-0.1, -0.05) is 23.7 Å². The summed E-state index contributed by atoms with van der Waals surface area (Å²) in [6.07, 6.45) is -0.844. The molecule has 0 unspecified atom stereocenters. The van der Waals surface area contributed by atoms with Crippen molar-refractivity contribution in [3.8, 4) is 23.0 Å². The van der Waals surface area contributed by atoms with Crippen LogP contribution < -0.4 is 9.47 Å². The molecule has 0 spiro atoms. The number of aromatic nitrogens is 2. The number of nitrogens with zero attached hydrogens (tertiary/aromatic N) is 2. The van der Waals surface area contributed by atoms with Gasteiger partial charge in [0.05, 0.1) is 0 Å². The van der Waals surface area contributed by atoms with E-state index in [-0.39, 0.29) is 19.1 Å². The van der Waals surface area contributed by atoms with Gasteiger partial charge in [-0.3, -0.25) is 0 Å².